The monoisotopic (exact) mass is 290 g/mol. The van der Waals surface area contributed by atoms with Crippen LogP contribution in [-0.2, 0) is 6.42 Å². The van der Waals surface area contributed by atoms with E-state index in [1.54, 1.807) is 0 Å². The predicted octanol–water partition coefficient (Wildman–Crippen LogP) is 2.93. The molecule has 4 rings (SSSR count). The molecule has 1 aromatic heterocycles. The van der Waals surface area contributed by atoms with Crippen LogP contribution in [0.15, 0.2) is 24.4 Å². The molecular weight excluding hydrogens is 276 g/mol. The number of halogens is 1. The zero-order valence-corrected chi connectivity index (χ0v) is 11.1. The third-order valence-electron chi connectivity index (χ3n) is 4.26. The van der Waals surface area contributed by atoms with Gasteiger partial charge in [0, 0.05) is 40.4 Å². The SMILES string of the molecule is BrC1CN[C@@H]2Cc3c[nH]c4cccc(c34)[C@H]2C1. The number of H-pyrrole nitrogens is 1. The molecule has 2 aromatic rings. The summed E-state index contributed by atoms with van der Waals surface area (Å²) in [5.74, 6) is 0.667. The van der Waals surface area contributed by atoms with Crippen molar-refractivity contribution in [1.29, 1.82) is 0 Å². The Morgan fingerprint density at radius 1 is 1.29 bits per heavy atom. The Hall–Kier alpha value is -0.800. The van der Waals surface area contributed by atoms with Gasteiger partial charge in [-0.25, -0.2) is 0 Å². The van der Waals surface area contributed by atoms with E-state index < -0.39 is 0 Å². The van der Waals surface area contributed by atoms with Crippen LogP contribution in [0.4, 0.5) is 0 Å². The number of piperidine rings is 1. The van der Waals surface area contributed by atoms with Gasteiger partial charge >= 0.3 is 0 Å². The number of hydrogen-bond acceptors (Lipinski definition) is 1. The molecule has 0 spiro atoms. The molecule has 1 aliphatic heterocycles. The summed E-state index contributed by atoms with van der Waals surface area (Å²) in [5, 5.41) is 5.17. The molecule has 0 bridgehead atoms. The van der Waals surface area contributed by atoms with E-state index in [-0.39, 0.29) is 0 Å². The Bertz CT molecular complexity index is 575. The summed E-state index contributed by atoms with van der Waals surface area (Å²) in [7, 11) is 0. The first-order chi connectivity index (χ1) is 8.33. The van der Waals surface area contributed by atoms with E-state index in [1.807, 2.05) is 0 Å². The van der Waals surface area contributed by atoms with E-state index in [0.29, 0.717) is 16.8 Å². The van der Waals surface area contributed by atoms with E-state index >= 15 is 0 Å². The lowest BCUT2D eigenvalue weighted by atomic mass is 9.76. The van der Waals surface area contributed by atoms with Gasteiger partial charge in [0.05, 0.1) is 0 Å². The molecule has 0 radical (unpaired) electrons. The summed E-state index contributed by atoms with van der Waals surface area (Å²) in [6.07, 6.45) is 4.61. The summed E-state index contributed by atoms with van der Waals surface area (Å²) < 4.78 is 0. The quantitative estimate of drug-likeness (QED) is 0.718. The van der Waals surface area contributed by atoms with E-state index in [2.05, 4.69) is 50.6 Å². The molecule has 1 aromatic carbocycles. The Labute approximate surface area is 109 Å². The zero-order valence-electron chi connectivity index (χ0n) is 9.54. The minimum Gasteiger partial charge on any atom is -0.361 e. The van der Waals surface area contributed by atoms with Crippen LogP contribution in [0.25, 0.3) is 10.9 Å². The maximum atomic E-state index is 3.76. The number of benzene rings is 1. The van der Waals surface area contributed by atoms with Gasteiger partial charge in [-0.2, -0.15) is 0 Å². The van der Waals surface area contributed by atoms with Crippen LogP contribution in [0.1, 0.15) is 23.5 Å². The Kier molecular flexibility index (Phi) is 2.15. The topological polar surface area (TPSA) is 27.8 Å². The minimum atomic E-state index is 0.611. The molecule has 1 unspecified atom stereocenters. The van der Waals surface area contributed by atoms with Crippen LogP contribution >= 0.6 is 15.9 Å². The lowest BCUT2D eigenvalue weighted by molar-refractivity contribution is 0.354. The normalized spacial score (nSPS) is 31.5. The summed E-state index contributed by atoms with van der Waals surface area (Å²) >= 11 is 3.76. The van der Waals surface area contributed by atoms with Crippen molar-refractivity contribution >= 4 is 26.8 Å². The third-order valence-corrected chi connectivity index (χ3v) is 4.95. The highest BCUT2D eigenvalue weighted by Gasteiger charge is 2.35. The molecule has 2 nitrogen and oxygen atoms in total. The molecule has 0 amide bonds. The van der Waals surface area contributed by atoms with Crippen molar-refractivity contribution in [2.75, 3.05) is 6.54 Å². The summed E-state index contributed by atoms with van der Waals surface area (Å²) in [6.45, 7) is 1.09. The molecule has 3 heteroatoms. The van der Waals surface area contributed by atoms with Crippen LogP contribution < -0.4 is 5.32 Å². The minimum absolute atomic E-state index is 0.611. The van der Waals surface area contributed by atoms with Crippen molar-refractivity contribution < 1.29 is 0 Å². The molecule has 2 heterocycles. The van der Waals surface area contributed by atoms with Gasteiger partial charge in [0.25, 0.3) is 0 Å². The summed E-state index contributed by atoms with van der Waals surface area (Å²) in [6, 6.07) is 7.30. The molecule has 2 N–H and O–H groups in total. The Balaban J connectivity index is 1.92. The third kappa shape index (κ3) is 1.42. The highest BCUT2D eigenvalue weighted by molar-refractivity contribution is 9.09. The number of nitrogens with one attached hydrogen (secondary N) is 2. The highest BCUT2D eigenvalue weighted by Crippen LogP contribution is 2.41. The van der Waals surface area contributed by atoms with Gasteiger partial charge in [0.1, 0.15) is 0 Å². The van der Waals surface area contributed by atoms with Gasteiger partial charge in [-0.3, -0.25) is 0 Å². The number of alkyl halides is 1. The largest absolute Gasteiger partial charge is 0.361 e. The van der Waals surface area contributed by atoms with Crippen molar-refractivity contribution in [3.8, 4) is 0 Å². The van der Waals surface area contributed by atoms with Crippen LogP contribution in [0.2, 0.25) is 0 Å². The van der Waals surface area contributed by atoms with Gasteiger partial charge in [-0.05, 0) is 30.0 Å². The average molecular weight is 291 g/mol. The van der Waals surface area contributed by atoms with E-state index in [4.69, 9.17) is 0 Å². The molecule has 2 aliphatic rings. The van der Waals surface area contributed by atoms with Gasteiger partial charge in [0.15, 0.2) is 0 Å². The number of hydrogen-bond donors (Lipinski definition) is 2. The second kappa shape index (κ2) is 3.59. The molecule has 1 fully saturated rings. The van der Waals surface area contributed by atoms with E-state index in [9.17, 15) is 0 Å². The van der Waals surface area contributed by atoms with E-state index in [0.717, 1.165) is 6.54 Å². The lowest BCUT2D eigenvalue weighted by Crippen LogP contribution is -2.47. The molecular formula is C14H15BrN2. The van der Waals surface area contributed by atoms with Crippen LogP contribution in [0.3, 0.4) is 0 Å². The molecule has 1 saturated heterocycles. The lowest BCUT2D eigenvalue weighted by Gasteiger charge is -2.38. The fourth-order valence-electron chi connectivity index (χ4n) is 3.50. The highest BCUT2D eigenvalue weighted by atomic mass is 79.9. The van der Waals surface area contributed by atoms with Gasteiger partial charge < -0.3 is 10.3 Å². The van der Waals surface area contributed by atoms with E-state index in [1.165, 1.54) is 34.9 Å². The fraction of sp³-hybridized carbons (Fsp3) is 0.429. The molecule has 1 aliphatic carbocycles. The number of aromatic nitrogens is 1. The smallest absolute Gasteiger partial charge is 0.0459 e. The van der Waals surface area contributed by atoms with Crippen molar-refractivity contribution in [1.82, 2.24) is 10.3 Å². The van der Waals surface area contributed by atoms with Gasteiger partial charge in [-0.1, -0.05) is 28.1 Å². The molecule has 17 heavy (non-hydrogen) atoms. The zero-order chi connectivity index (χ0) is 11.4. The maximum absolute atomic E-state index is 3.76. The first-order valence-electron chi connectivity index (χ1n) is 6.29. The second-order valence-electron chi connectivity index (χ2n) is 5.24. The average Bonchev–Trinajstić information content (AvgIpc) is 2.75. The van der Waals surface area contributed by atoms with Gasteiger partial charge in [0.2, 0.25) is 0 Å². The Morgan fingerprint density at radius 2 is 2.24 bits per heavy atom. The first kappa shape index (κ1) is 10.2. The maximum Gasteiger partial charge on any atom is 0.0459 e. The van der Waals surface area contributed by atoms with Crippen LogP contribution in [-0.4, -0.2) is 22.4 Å². The summed E-state index contributed by atoms with van der Waals surface area (Å²) in [5.41, 5.74) is 4.32. The molecule has 88 valence electrons. The number of aromatic amines is 1. The second-order valence-corrected chi connectivity index (χ2v) is 6.54. The number of rotatable bonds is 0. The first-order valence-corrected chi connectivity index (χ1v) is 7.21. The Morgan fingerprint density at radius 3 is 3.18 bits per heavy atom. The molecule has 0 saturated carbocycles. The van der Waals surface area contributed by atoms with Gasteiger partial charge in [-0.15, -0.1) is 0 Å². The van der Waals surface area contributed by atoms with Crippen molar-refractivity contribution in [2.45, 2.75) is 29.6 Å². The van der Waals surface area contributed by atoms with Crippen LogP contribution in [0.5, 0.6) is 0 Å². The number of fused-ring (bicyclic) bond motifs is 2. The predicted molar refractivity (Wildman–Crippen MR) is 73.9 cm³/mol. The molecule has 3 atom stereocenters. The summed E-state index contributed by atoms with van der Waals surface area (Å²) in [4.78, 5) is 4.01. The van der Waals surface area contributed by atoms with Crippen molar-refractivity contribution in [3.05, 3.63) is 35.5 Å². The van der Waals surface area contributed by atoms with Crippen LogP contribution in [0, 0.1) is 0 Å². The standard InChI is InChI=1S/C14H15BrN2/c15-9-5-11-10-2-1-3-12-14(10)8(6-16-12)4-13(11)17-7-9/h1-3,6,9,11,13,16-17H,4-5,7H2/t9?,11-,13-/m1/s1. The van der Waals surface area contributed by atoms with Crippen molar-refractivity contribution in [2.24, 2.45) is 0 Å². The van der Waals surface area contributed by atoms with Crippen molar-refractivity contribution in [3.63, 3.8) is 0 Å². The fourth-order valence-corrected chi connectivity index (χ4v) is 4.09.